The van der Waals surface area contributed by atoms with Crippen molar-refractivity contribution in [2.45, 2.75) is 0 Å². The van der Waals surface area contributed by atoms with Crippen molar-refractivity contribution in [3.8, 4) is 17.5 Å². The molecule has 5 nitrogen and oxygen atoms in total. The van der Waals surface area contributed by atoms with E-state index < -0.39 is 5.97 Å². The predicted octanol–water partition coefficient (Wildman–Crippen LogP) is 2.37. The quantitative estimate of drug-likeness (QED) is 0.735. The minimum absolute atomic E-state index is 0.186. The Morgan fingerprint density at radius 2 is 2.05 bits per heavy atom. The van der Waals surface area contributed by atoms with Crippen molar-refractivity contribution in [1.82, 2.24) is 14.8 Å². The van der Waals surface area contributed by atoms with Crippen LogP contribution in [0.25, 0.3) is 5.69 Å². The Bertz CT molecular complexity index is 860. The molecule has 0 radical (unpaired) electrons. The molecule has 0 unspecified atom stereocenters. The molecule has 5 heteroatoms. The lowest BCUT2D eigenvalue weighted by Crippen LogP contribution is -2.02. The fourth-order valence-electron chi connectivity index (χ4n) is 1.96. The zero-order chi connectivity index (χ0) is 15.4. The van der Waals surface area contributed by atoms with Gasteiger partial charge in [-0.3, -0.25) is 4.98 Å². The average molecular weight is 289 g/mol. The molecule has 3 aromatic rings. The van der Waals surface area contributed by atoms with Crippen molar-refractivity contribution >= 4 is 5.97 Å². The largest absolute Gasteiger partial charge is 0.478 e. The maximum atomic E-state index is 11.1. The van der Waals surface area contributed by atoms with E-state index in [1.807, 2.05) is 6.07 Å². The standard InChI is InChI=1S/C17H11N3O2/c21-17(22)15-6-7-16(20-10-2-9-19-20)14(11-15)5-4-13-3-1-8-18-12-13/h1-3,6-12H,(H,21,22). The molecular weight excluding hydrogens is 278 g/mol. The molecule has 0 amide bonds. The van der Waals surface area contributed by atoms with E-state index in [1.165, 1.54) is 6.07 Å². The number of carboxylic acid groups (broad SMARTS) is 1. The van der Waals surface area contributed by atoms with Crippen LogP contribution in [-0.2, 0) is 0 Å². The minimum atomic E-state index is -0.989. The van der Waals surface area contributed by atoms with Crippen molar-refractivity contribution in [1.29, 1.82) is 0 Å². The lowest BCUT2D eigenvalue weighted by Gasteiger charge is -2.06. The molecule has 0 spiro atoms. The number of benzene rings is 1. The topological polar surface area (TPSA) is 68.0 Å². The summed E-state index contributed by atoms with van der Waals surface area (Å²) in [6.07, 6.45) is 6.77. The number of hydrogen-bond acceptors (Lipinski definition) is 3. The molecule has 0 aliphatic rings. The van der Waals surface area contributed by atoms with E-state index in [2.05, 4.69) is 21.9 Å². The third-order valence-corrected chi connectivity index (χ3v) is 3.00. The highest BCUT2D eigenvalue weighted by atomic mass is 16.4. The normalized spacial score (nSPS) is 9.82. The first-order valence-electron chi connectivity index (χ1n) is 6.53. The highest BCUT2D eigenvalue weighted by Crippen LogP contribution is 2.15. The lowest BCUT2D eigenvalue weighted by atomic mass is 10.1. The van der Waals surface area contributed by atoms with Gasteiger partial charge >= 0.3 is 5.97 Å². The van der Waals surface area contributed by atoms with Crippen LogP contribution in [0.1, 0.15) is 21.5 Å². The molecular formula is C17H11N3O2. The minimum Gasteiger partial charge on any atom is -0.478 e. The van der Waals surface area contributed by atoms with Crippen LogP contribution in [0.5, 0.6) is 0 Å². The van der Waals surface area contributed by atoms with Crippen molar-refractivity contribution < 1.29 is 9.90 Å². The number of carbonyl (C=O) groups is 1. The van der Waals surface area contributed by atoms with E-state index in [4.69, 9.17) is 5.11 Å². The van der Waals surface area contributed by atoms with Gasteiger partial charge in [0.05, 0.1) is 16.8 Å². The molecule has 0 aliphatic carbocycles. The first kappa shape index (κ1) is 13.6. The van der Waals surface area contributed by atoms with Crippen molar-refractivity contribution in [3.63, 3.8) is 0 Å². The summed E-state index contributed by atoms with van der Waals surface area (Å²) >= 11 is 0. The highest BCUT2D eigenvalue weighted by molar-refractivity contribution is 5.88. The van der Waals surface area contributed by atoms with Crippen LogP contribution in [0.15, 0.2) is 61.2 Å². The average Bonchev–Trinajstić information content (AvgIpc) is 3.08. The van der Waals surface area contributed by atoms with Crippen LogP contribution in [-0.4, -0.2) is 25.8 Å². The van der Waals surface area contributed by atoms with Gasteiger partial charge < -0.3 is 5.11 Å². The van der Waals surface area contributed by atoms with Gasteiger partial charge in [-0.1, -0.05) is 11.8 Å². The van der Waals surface area contributed by atoms with Crippen LogP contribution in [0, 0.1) is 11.8 Å². The summed E-state index contributed by atoms with van der Waals surface area (Å²) in [6.45, 7) is 0. The van der Waals surface area contributed by atoms with Crippen molar-refractivity contribution in [2.75, 3.05) is 0 Å². The van der Waals surface area contributed by atoms with Gasteiger partial charge in [-0.05, 0) is 36.4 Å². The third kappa shape index (κ3) is 2.86. The van der Waals surface area contributed by atoms with Crippen LogP contribution >= 0.6 is 0 Å². The molecule has 0 atom stereocenters. The van der Waals surface area contributed by atoms with E-state index in [0.29, 0.717) is 5.56 Å². The van der Waals surface area contributed by atoms with Crippen LogP contribution in [0.3, 0.4) is 0 Å². The molecule has 2 heterocycles. The van der Waals surface area contributed by atoms with Crippen LogP contribution in [0.4, 0.5) is 0 Å². The third-order valence-electron chi connectivity index (χ3n) is 3.00. The zero-order valence-corrected chi connectivity index (χ0v) is 11.5. The second-order valence-electron chi connectivity index (χ2n) is 4.48. The second kappa shape index (κ2) is 5.94. The van der Waals surface area contributed by atoms with Crippen LogP contribution in [0.2, 0.25) is 0 Å². The summed E-state index contributed by atoms with van der Waals surface area (Å²) in [5, 5.41) is 13.3. The number of aromatic carboxylic acids is 1. The molecule has 1 aromatic carbocycles. The number of rotatable bonds is 2. The first-order chi connectivity index (χ1) is 10.7. The summed E-state index contributed by atoms with van der Waals surface area (Å²) in [5.74, 6) is 4.99. The molecule has 0 saturated heterocycles. The highest BCUT2D eigenvalue weighted by Gasteiger charge is 2.08. The molecule has 1 N–H and O–H groups in total. The number of aromatic nitrogens is 3. The smallest absolute Gasteiger partial charge is 0.335 e. The molecule has 0 fully saturated rings. The van der Waals surface area contributed by atoms with Crippen LogP contribution < -0.4 is 0 Å². The fraction of sp³-hybridized carbons (Fsp3) is 0. The zero-order valence-electron chi connectivity index (χ0n) is 11.5. The van der Waals surface area contributed by atoms with Gasteiger partial charge in [0.15, 0.2) is 0 Å². The summed E-state index contributed by atoms with van der Waals surface area (Å²) in [5.41, 5.74) is 2.26. The summed E-state index contributed by atoms with van der Waals surface area (Å²) < 4.78 is 1.65. The van der Waals surface area contributed by atoms with E-state index in [0.717, 1.165) is 11.3 Å². The number of carboxylic acids is 1. The Kier molecular flexibility index (Phi) is 3.67. The van der Waals surface area contributed by atoms with Crippen molar-refractivity contribution in [2.24, 2.45) is 0 Å². The SMILES string of the molecule is O=C(O)c1ccc(-n2cccn2)c(C#Cc2cccnc2)c1. The van der Waals surface area contributed by atoms with Crippen molar-refractivity contribution in [3.05, 3.63) is 77.9 Å². The Labute approximate surface area is 126 Å². The van der Waals surface area contributed by atoms with Gasteiger partial charge in [-0.2, -0.15) is 5.10 Å². The lowest BCUT2D eigenvalue weighted by molar-refractivity contribution is 0.0697. The number of hydrogen-bond donors (Lipinski definition) is 1. The maximum Gasteiger partial charge on any atom is 0.335 e. The summed E-state index contributed by atoms with van der Waals surface area (Å²) in [4.78, 5) is 15.1. The van der Waals surface area contributed by atoms with E-state index in [9.17, 15) is 4.79 Å². The van der Waals surface area contributed by atoms with E-state index >= 15 is 0 Å². The number of pyridine rings is 1. The molecule has 0 saturated carbocycles. The van der Waals surface area contributed by atoms with Gasteiger partial charge in [-0.25, -0.2) is 9.48 Å². The molecule has 0 aliphatic heterocycles. The predicted molar refractivity (Wildman–Crippen MR) is 80.7 cm³/mol. The molecule has 22 heavy (non-hydrogen) atoms. The van der Waals surface area contributed by atoms with E-state index in [1.54, 1.807) is 53.7 Å². The number of nitrogens with zero attached hydrogens (tertiary/aromatic N) is 3. The Balaban J connectivity index is 2.09. The molecule has 106 valence electrons. The fourth-order valence-corrected chi connectivity index (χ4v) is 1.96. The molecule has 2 aromatic heterocycles. The summed E-state index contributed by atoms with van der Waals surface area (Å²) in [7, 11) is 0. The Hall–Kier alpha value is -3.39. The second-order valence-corrected chi connectivity index (χ2v) is 4.48. The molecule has 0 bridgehead atoms. The molecule has 3 rings (SSSR count). The van der Waals surface area contributed by atoms with Gasteiger partial charge in [-0.15, -0.1) is 0 Å². The van der Waals surface area contributed by atoms with E-state index in [-0.39, 0.29) is 5.56 Å². The van der Waals surface area contributed by atoms with Gasteiger partial charge in [0.2, 0.25) is 0 Å². The monoisotopic (exact) mass is 289 g/mol. The van der Waals surface area contributed by atoms with Gasteiger partial charge in [0.1, 0.15) is 0 Å². The van der Waals surface area contributed by atoms with Gasteiger partial charge in [0.25, 0.3) is 0 Å². The Morgan fingerprint density at radius 1 is 1.14 bits per heavy atom. The maximum absolute atomic E-state index is 11.1. The summed E-state index contributed by atoms with van der Waals surface area (Å²) in [6, 6.07) is 10.2. The van der Waals surface area contributed by atoms with Gasteiger partial charge in [0, 0.05) is 30.4 Å². The first-order valence-corrected chi connectivity index (χ1v) is 6.53. The Morgan fingerprint density at radius 3 is 2.73 bits per heavy atom.